The molecule has 2 rings (SSSR count). The third-order valence-corrected chi connectivity index (χ3v) is 8.17. The van der Waals surface area contributed by atoms with E-state index >= 15 is 0 Å². The summed E-state index contributed by atoms with van der Waals surface area (Å²) in [5.74, 6) is 0.788. The minimum absolute atomic E-state index is 0.388. The third kappa shape index (κ3) is 7.90. The maximum Gasteiger partial charge on any atom is 0.157 e. The van der Waals surface area contributed by atoms with Crippen molar-refractivity contribution in [1.82, 2.24) is 14.6 Å². The predicted molar refractivity (Wildman–Crippen MR) is 128 cm³/mol. The highest BCUT2D eigenvalue weighted by Gasteiger charge is 2.19. The van der Waals surface area contributed by atoms with Crippen molar-refractivity contribution in [3.8, 4) is 0 Å². The summed E-state index contributed by atoms with van der Waals surface area (Å²) in [6, 6.07) is 5.34. The van der Waals surface area contributed by atoms with Crippen molar-refractivity contribution >= 4 is 27.6 Å². The van der Waals surface area contributed by atoms with Crippen molar-refractivity contribution in [2.75, 3.05) is 31.6 Å². The number of nitrogens with zero attached hydrogens (tertiary/aromatic N) is 5. The first-order valence-electron chi connectivity index (χ1n) is 10.6. The van der Waals surface area contributed by atoms with Gasteiger partial charge in [-0.25, -0.2) is 4.98 Å². The molecule has 1 atom stereocenters. The Balaban J connectivity index is 2.21. The molecule has 0 amide bonds. The third-order valence-electron chi connectivity index (χ3n) is 4.76. The summed E-state index contributed by atoms with van der Waals surface area (Å²) in [5.41, 5.74) is 1.29. The van der Waals surface area contributed by atoms with E-state index in [0.29, 0.717) is 38.0 Å². The molecule has 8 nitrogen and oxygen atoms in total. The highest BCUT2D eigenvalue weighted by molar-refractivity contribution is 6.76. The van der Waals surface area contributed by atoms with Gasteiger partial charge in [-0.15, -0.1) is 0 Å². The molecule has 0 N–H and O–H groups in total. The van der Waals surface area contributed by atoms with Gasteiger partial charge in [0, 0.05) is 41.5 Å². The van der Waals surface area contributed by atoms with Crippen molar-refractivity contribution in [3.05, 3.63) is 28.9 Å². The minimum atomic E-state index is -1.17. The first-order chi connectivity index (χ1) is 14.0. The molecular formula is C20H37N5O3Si2. The summed E-state index contributed by atoms with van der Waals surface area (Å²) in [6.45, 7) is 18.0. The Morgan fingerprint density at radius 1 is 1.07 bits per heavy atom. The van der Waals surface area contributed by atoms with Crippen LogP contribution >= 0.6 is 0 Å². The van der Waals surface area contributed by atoms with Gasteiger partial charge in [0.15, 0.2) is 5.65 Å². The standard InChI is InChI=1S/C20H37N5O3Si2/c1-17(23-26)18-14-20(25-19(22-18)8-9-21-25)24(15-27-10-12-29(2,3)4)16-28-11-13-30(5,6)7/h8-9,14,17H,10-13,15-16H2,1-7H3. The SMILES string of the molecule is CC(N=O)c1cc(N(COCC[Si](C)(C)C)COCC[Si](C)(C)C)n2nccc2n1. The van der Waals surface area contributed by atoms with E-state index in [9.17, 15) is 4.91 Å². The summed E-state index contributed by atoms with van der Waals surface area (Å²) in [5, 5.41) is 7.55. The van der Waals surface area contributed by atoms with E-state index in [2.05, 4.69) is 54.5 Å². The van der Waals surface area contributed by atoms with Gasteiger partial charge >= 0.3 is 0 Å². The Morgan fingerprint density at radius 3 is 2.13 bits per heavy atom. The van der Waals surface area contributed by atoms with Crippen LogP contribution < -0.4 is 4.90 Å². The van der Waals surface area contributed by atoms with Gasteiger partial charge in [0.25, 0.3) is 0 Å². The van der Waals surface area contributed by atoms with Gasteiger partial charge in [-0.2, -0.15) is 14.5 Å². The Kier molecular flexibility index (Phi) is 8.71. The van der Waals surface area contributed by atoms with E-state index < -0.39 is 22.2 Å². The molecule has 30 heavy (non-hydrogen) atoms. The van der Waals surface area contributed by atoms with Crippen LogP contribution in [-0.2, 0) is 9.47 Å². The number of rotatable bonds is 13. The van der Waals surface area contributed by atoms with E-state index in [1.54, 1.807) is 17.6 Å². The van der Waals surface area contributed by atoms with Crippen LogP contribution in [0.2, 0.25) is 51.4 Å². The number of anilines is 1. The van der Waals surface area contributed by atoms with Crippen LogP contribution in [0.1, 0.15) is 18.7 Å². The van der Waals surface area contributed by atoms with Gasteiger partial charge < -0.3 is 14.4 Å². The Labute approximate surface area is 182 Å². The van der Waals surface area contributed by atoms with Crippen LogP contribution in [0.4, 0.5) is 5.82 Å². The molecule has 2 aromatic heterocycles. The molecule has 2 aromatic rings. The first-order valence-corrected chi connectivity index (χ1v) is 18.0. The minimum Gasteiger partial charge on any atom is -0.361 e. The lowest BCUT2D eigenvalue weighted by Gasteiger charge is -2.26. The molecule has 0 aliphatic heterocycles. The van der Waals surface area contributed by atoms with Gasteiger partial charge in [-0.05, 0) is 19.0 Å². The normalized spacial score (nSPS) is 13.6. The number of ether oxygens (including phenoxy) is 2. The molecular weight excluding hydrogens is 414 g/mol. The molecule has 2 heterocycles. The van der Waals surface area contributed by atoms with Crippen molar-refractivity contribution in [2.45, 2.75) is 64.3 Å². The van der Waals surface area contributed by atoms with Gasteiger partial charge in [0.2, 0.25) is 0 Å². The lowest BCUT2D eigenvalue weighted by atomic mass is 10.2. The molecule has 0 aliphatic rings. The van der Waals surface area contributed by atoms with Gasteiger partial charge in [0.1, 0.15) is 25.3 Å². The molecule has 0 saturated carbocycles. The van der Waals surface area contributed by atoms with Crippen LogP contribution in [0.3, 0.4) is 0 Å². The largest absolute Gasteiger partial charge is 0.361 e. The number of hydrogen-bond donors (Lipinski definition) is 0. The maximum absolute atomic E-state index is 11.1. The Hall–Kier alpha value is -1.63. The lowest BCUT2D eigenvalue weighted by molar-refractivity contribution is 0.0942. The molecule has 0 radical (unpaired) electrons. The summed E-state index contributed by atoms with van der Waals surface area (Å²) < 4.78 is 13.8. The fourth-order valence-electron chi connectivity index (χ4n) is 2.68. The highest BCUT2D eigenvalue weighted by atomic mass is 28.3. The fourth-order valence-corrected chi connectivity index (χ4v) is 4.20. The average Bonchev–Trinajstić information content (AvgIpc) is 3.12. The molecule has 0 fully saturated rings. The number of aromatic nitrogens is 3. The second-order valence-electron chi connectivity index (χ2n) is 10.2. The average molecular weight is 452 g/mol. The molecule has 1 unspecified atom stereocenters. The Morgan fingerprint density at radius 2 is 1.63 bits per heavy atom. The van der Waals surface area contributed by atoms with E-state index in [0.717, 1.165) is 17.9 Å². The molecule has 0 aliphatic carbocycles. The van der Waals surface area contributed by atoms with Crippen molar-refractivity contribution < 1.29 is 9.47 Å². The predicted octanol–water partition coefficient (Wildman–Crippen LogP) is 4.99. The second kappa shape index (κ2) is 10.6. The van der Waals surface area contributed by atoms with Crippen molar-refractivity contribution in [3.63, 3.8) is 0 Å². The summed E-state index contributed by atoms with van der Waals surface area (Å²) in [4.78, 5) is 17.6. The van der Waals surface area contributed by atoms with Crippen LogP contribution in [0, 0.1) is 4.91 Å². The zero-order valence-electron chi connectivity index (χ0n) is 19.5. The topological polar surface area (TPSA) is 81.3 Å². The van der Waals surface area contributed by atoms with Crippen LogP contribution in [0.25, 0.3) is 5.65 Å². The summed E-state index contributed by atoms with van der Waals surface area (Å²) in [6.07, 6.45) is 1.70. The maximum atomic E-state index is 11.1. The van der Waals surface area contributed by atoms with E-state index in [4.69, 9.17) is 9.47 Å². The molecule has 0 spiro atoms. The van der Waals surface area contributed by atoms with Gasteiger partial charge in [-0.3, -0.25) is 0 Å². The van der Waals surface area contributed by atoms with Crippen molar-refractivity contribution in [1.29, 1.82) is 0 Å². The van der Waals surface area contributed by atoms with Crippen LogP contribution in [0.5, 0.6) is 0 Å². The smallest absolute Gasteiger partial charge is 0.157 e. The summed E-state index contributed by atoms with van der Waals surface area (Å²) >= 11 is 0. The molecule has 10 heteroatoms. The first kappa shape index (κ1) is 24.6. The van der Waals surface area contributed by atoms with E-state index in [-0.39, 0.29) is 0 Å². The van der Waals surface area contributed by atoms with Crippen LogP contribution in [-0.4, -0.2) is 57.4 Å². The zero-order chi connectivity index (χ0) is 22.4. The van der Waals surface area contributed by atoms with Gasteiger partial charge in [-0.1, -0.05) is 44.5 Å². The lowest BCUT2D eigenvalue weighted by Crippen LogP contribution is -2.33. The highest BCUT2D eigenvalue weighted by Crippen LogP contribution is 2.23. The number of fused-ring (bicyclic) bond motifs is 1. The second-order valence-corrected chi connectivity index (χ2v) is 21.4. The quantitative estimate of drug-likeness (QED) is 0.185. The molecule has 168 valence electrons. The monoisotopic (exact) mass is 451 g/mol. The van der Waals surface area contributed by atoms with Gasteiger partial charge in [0.05, 0.1) is 11.9 Å². The number of nitroso groups, excluding NO2 is 1. The van der Waals surface area contributed by atoms with E-state index in [1.165, 1.54) is 0 Å². The Bertz CT molecular complexity index is 795. The fraction of sp³-hybridized carbons (Fsp3) is 0.700. The molecule has 0 saturated heterocycles. The molecule has 0 bridgehead atoms. The summed E-state index contributed by atoms with van der Waals surface area (Å²) in [7, 11) is -2.33. The van der Waals surface area contributed by atoms with Crippen LogP contribution in [0.15, 0.2) is 23.5 Å². The van der Waals surface area contributed by atoms with Crippen molar-refractivity contribution in [2.24, 2.45) is 5.18 Å². The number of hydrogen-bond acceptors (Lipinski definition) is 7. The molecule has 0 aromatic carbocycles. The zero-order valence-corrected chi connectivity index (χ0v) is 21.5. The van der Waals surface area contributed by atoms with E-state index in [1.807, 2.05) is 17.0 Å².